The molecule has 3 heteroatoms. The van der Waals surface area contributed by atoms with Crippen LogP contribution in [0.25, 0.3) is 0 Å². The maximum Gasteiger partial charge on any atom is 0.105 e. The number of nitrogens with one attached hydrogen (secondary N) is 1. The van der Waals surface area contributed by atoms with E-state index in [0.29, 0.717) is 12.6 Å². The lowest BCUT2D eigenvalue weighted by Crippen LogP contribution is -2.38. The Balaban J connectivity index is 2.42. The molecule has 1 unspecified atom stereocenters. The van der Waals surface area contributed by atoms with E-state index in [4.69, 9.17) is 9.15 Å². The van der Waals surface area contributed by atoms with Gasteiger partial charge in [-0.05, 0) is 45.9 Å². The van der Waals surface area contributed by atoms with E-state index < -0.39 is 0 Å². The van der Waals surface area contributed by atoms with Gasteiger partial charge in [-0.2, -0.15) is 0 Å². The van der Waals surface area contributed by atoms with Gasteiger partial charge in [-0.15, -0.1) is 0 Å². The molecule has 17 heavy (non-hydrogen) atoms. The monoisotopic (exact) mass is 239 g/mol. The van der Waals surface area contributed by atoms with E-state index in [1.54, 1.807) is 6.26 Å². The van der Waals surface area contributed by atoms with E-state index in [1.165, 1.54) is 0 Å². The zero-order valence-electron chi connectivity index (χ0n) is 11.5. The summed E-state index contributed by atoms with van der Waals surface area (Å²) in [5.41, 5.74) is -0.0880. The Morgan fingerprint density at radius 3 is 2.71 bits per heavy atom. The number of ether oxygens (including phenoxy) is 1. The summed E-state index contributed by atoms with van der Waals surface area (Å²) < 4.78 is 11.2. The van der Waals surface area contributed by atoms with Gasteiger partial charge in [-0.25, -0.2) is 0 Å². The molecule has 0 aliphatic heterocycles. The van der Waals surface area contributed by atoms with Crippen LogP contribution in [0.4, 0.5) is 0 Å². The highest BCUT2D eigenvalue weighted by atomic mass is 16.5. The molecule has 1 aromatic rings. The molecule has 0 aromatic carbocycles. The fourth-order valence-electron chi connectivity index (χ4n) is 1.56. The first-order chi connectivity index (χ1) is 8.01. The topological polar surface area (TPSA) is 34.4 Å². The number of hydrogen-bond acceptors (Lipinski definition) is 3. The molecule has 0 radical (unpaired) electrons. The summed E-state index contributed by atoms with van der Waals surface area (Å²) in [5.74, 6) is 1.01. The summed E-state index contributed by atoms with van der Waals surface area (Å²) in [5, 5.41) is 3.50. The van der Waals surface area contributed by atoms with Gasteiger partial charge in [0, 0.05) is 12.5 Å². The van der Waals surface area contributed by atoms with E-state index >= 15 is 0 Å². The molecule has 0 bridgehead atoms. The zero-order chi connectivity index (χ0) is 12.7. The second kappa shape index (κ2) is 6.82. The molecule has 0 fully saturated rings. The van der Waals surface area contributed by atoms with Crippen LogP contribution in [0.15, 0.2) is 22.8 Å². The third-order valence-corrected chi connectivity index (χ3v) is 2.43. The van der Waals surface area contributed by atoms with Crippen LogP contribution in [-0.2, 0) is 11.2 Å². The van der Waals surface area contributed by atoms with Crippen molar-refractivity contribution in [3.05, 3.63) is 24.2 Å². The lowest BCUT2D eigenvalue weighted by molar-refractivity contribution is -0.0148. The first-order valence-corrected chi connectivity index (χ1v) is 6.41. The zero-order valence-corrected chi connectivity index (χ0v) is 11.5. The Labute approximate surface area is 105 Å². The van der Waals surface area contributed by atoms with Crippen LogP contribution in [0.2, 0.25) is 0 Å². The molecule has 1 N–H and O–H groups in total. The number of furan rings is 1. The lowest BCUT2D eigenvalue weighted by atomic mass is 10.1. The molecule has 0 spiro atoms. The van der Waals surface area contributed by atoms with Gasteiger partial charge in [-0.3, -0.25) is 0 Å². The molecule has 0 aliphatic rings. The molecule has 0 saturated heterocycles. The van der Waals surface area contributed by atoms with Gasteiger partial charge in [0.2, 0.25) is 0 Å². The van der Waals surface area contributed by atoms with E-state index in [2.05, 4.69) is 33.0 Å². The van der Waals surface area contributed by atoms with E-state index in [9.17, 15) is 0 Å². The van der Waals surface area contributed by atoms with Crippen LogP contribution in [0.5, 0.6) is 0 Å². The molecule has 1 atom stereocenters. The molecule has 1 aromatic heterocycles. The Bertz CT molecular complexity index is 288. The molecule has 1 heterocycles. The predicted molar refractivity (Wildman–Crippen MR) is 70.2 cm³/mol. The van der Waals surface area contributed by atoms with Crippen molar-refractivity contribution in [1.29, 1.82) is 0 Å². The largest absolute Gasteiger partial charge is 0.469 e. The summed E-state index contributed by atoms with van der Waals surface area (Å²) in [6, 6.07) is 4.26. The smallest absolute Gasteiger partial charge is 0.105 e. The van der Waals surface area contributed by atoms with Crippen molar-refractivity contribution < 1.29 is 9.15 Å². The third-order valence-electron chi connectivity index (χ3n) is 2.43. The minimum atomic E-state index is -0.0880. The molecule has 1 rings (SSSR count). The van der Waals surface area contributed by atoms with Gasteiger partial charge in [0.05, 0.1) is 18.5 Å². The van der Waals surface area contributed by atoms with E-state index in [0.717, 1.165) is 25.1 Å². The van der Waals surface area contributed by atoms with Crippen molar-refractivity contribution in [3.8, 4) is 0 Å². The van der Waals surface area contributed by atoms with Crippen LogP contribution < -0.4 is 5.32 Å². The van der Waals surface area contributed by atoms with Crippen LogP contribution in [0, 0.1) is 0 Å². The summed E-state index contributed by atoms with van der Waals surface area (Å²) in [7, 11) is 0. The average molecular weight is 239 g/mol. The van der Waals surface area contributed by atoms with Crippen LogP contribution >= 0.6 is 0 Å². The molecule has 0 amide bonds. The van der Waals surface area contributed by atoms with Crippen molar-refractivity contribution >= 4 is 0 Å². The van der Waals surface area contributed by atoms with Crippen molar-refractivity contribution in [1.82, 2.24) is 5.32 Å². The maximum absolute atomic E-state index is 5.83. The highest BCUT2D eigenvalue weighted by Crippen LogP contribution is 2.10. The van der Waals surface area contributed by atoms with Gasteiger partial charge in [0.15, 0.2) is 0 Å². The highest BCUT2D eigenvalue weighted by Gasteiger charge is 2.16. The highest BCUT2D eigenvalue weighted by molar-refractivity contribution is 5.00. The fourth-order valence-corrected chi connectivity index (χ4v) is 1.56. The van der Waals surface area contributed by atoms with Gasteiger partial charge < -0.3 is 14.5 Å². The van der Waals surface area contributed by atoms with Crippen molar-refractivity contribution in [2.45, 2.75) is 52.2 Å². The number of rotatable bonds is 7. The van der Waals surface area contributed by atoms with E-state index in [-0.39, 0.29) is 5.60 Å². The molecule has 0 aliphatic carbocycles. The average Bonchev–Trinajstić information content (AvgIpc) is 2.73. The van der Waals surface area contributed by atoms with Crippen molar-refractivity contribution in [2.75, 3.05) is 13.2 Å². The fraction of sp³-hybridized carbons (Fsp3) is 0.714. The van der Waals surface area contributed by atoms with Crippen LogP contribution in [0.1, 0.15) is 39.9 Å². The predicted octanol–water partition coefficient (Wildman–Crippen LogP) is 3.01. The van der Waals surface area contributed by atoms with Crippen LogP contribution in [0.3, 0.4) is 0 Å². The SMILES string of the molecule is CCCNC(COC(C)(C)C)Cc1ccco1. The lowest BCUT2D eigenvalue weighted by Gasteiger charge is -2.24. The molecule has 98 valence electrons. The van der Waals surface area contributed by atoms with Gasteiger partial charge in [0.25, 0.3) is 0 Å². The first kappa shape index (κ1) is 14.3. The molecule has 3 nitrogen and oxygen atoms in total. The molecular weight excluding hydrogens is 214 g/mol. The first-order valence-electron chi connectivity index (χ1n) is 6.41. The van der Waals surface area contributed by atoms with Crippen LogP contribution in [-0.4, -0.2) is 24.8 Å². The summed E-state index contributed by atoms with van der Waals surface area (Å²) >= 11 is 0. The third kappa shape index (κ3) is 6.49. The summed E-state index contributed by atoms with van der Waals surface area (Å²) in [6.45, 7) is 10.1. The Morgan fingerprint density at radius 2 is 2.18 bits per heavy atom. The normalized spacial score (nSPS) is 13.9. The molecule has 0 saturated carbocycles. The van der Waals surface area contributed by atoms with E-state index in [1.807, 2.05) is 12.1 Å². The number of hydrogen-bond donors (Lipinski definition) is 1. The minimum absolute atomic E-state index is 0.0880. The van der Waals surface area contributed by atoms with Gasteiger partial charge >= 0.3 is 0 Å². The van der Waals surface area contributed by atoms with Gasteiger partial charge in [0.1, 0.15) is 5.76 Å². The summed E-state index contributed by atoms with van der Waals surface area (Å²) in [4.78, 5) is 0. The Hall–Kier alpha value is -0.800. The second-order valence-corrected chi connectivity index (χ2v) is 5.36. The minimum Gasteiger partial charge on any atom is -0.469 e. The van der Waals surface area contributed by atoms with Crippen molar-refractivity contribution in [2.24, 2.45) is 0 Å². The standard InChI is InChI=1S/C14H25NO2/c1-5-8-15-12(11-17-14(2,3)4)10-13-7-6-9-16-13/h6-7,9,12,15H,5,8,10-11H2,1-4H3. The summed E-state index contributed by atoms with van der Waals surface area (Å²) in [6.07, 6.45) is 3.73. The Morgan fingerprint density at radius 1 is 1.41 bits per heavy atom. The Kier molecular flexibility index (Phi) is 5.72. The maximum atomic E-state index is 5.83. The second-order valence-electron chi connectivity index (χ2n) is 5.36. The van der Waals surface area contributed by atoms with Gasteiger partial charge in [-0.1, -0.05) is 6.92 Å². The van der Waals surface area contributed by atoms with Crippen molar-refractivity contribution in [3.63, 3.8) is 0 Å². The molecular formula is C14H25NO2. The quantitative estimate of drug-likeness (QED) is 0.794.